The van der Waals surface area contributed by atoms with Crippen molar-refractivity contribution < 1.29 is 9.18 Å². The number of amides is 1. The second-order valence-corrected chi connectivity index (χ2v) is 6.57. The lowest BCUT2D eigenvalue weighted by atomic mass is 9.97. The molecule has 2 rings (SSSR count). The molecule has 0 saturated carbocycles. The van der Waals surface area contributed by atoms with Crippen LogP contribution in [0.3, 0.4) is 0 Å². The van der Waals surface area contributed by atoms with E-state index in [9.17, 15) is 9.18 Å². The van der Waals surface area contributed by atoms with Gasteiger partial charge in [0.2, 0.25) is 5.91 Å². The van der Waals surface area contributed by atoms with Gasteiger partial charge in [-0.1, -0.05) is 50.2 Å². The molecule has 3 nitrogen and oxygen atoms in total. The Morgan fingerprint density at radius 1 is 1.12 bits per heavy atom. The summed E-state index contributed by atoms with van der Waals surface area (Å²) < 4.78 is 13.8. The first-order valence-electron chi connectivity index (χ1n) is 8.77. The molecule has 0 aliphatic rings. The van der Waals surface area contributed by atoms with Crippen LogP contribution in [0.15, 0.2) is 48.5 Å². The first kappa shape index (κ1) is 19.1. The number of benzene rings is 2. The Bertz CT molecular complexity index is 717. The topological polar surface area (TPSA) is 32.3 Å². The molecule has 0 saturated heterocycles. The summed E-state index contributed by atoms with van der Waals surface area (Å²) in [5.74, 6) is 0.0432. The SMILES string of the molecule is CC[C@@H](C)c1ccccc1NC(=O)[C@H](C)N(C)Cc1ccccc1F. The third-order valence-electron chi connectivity index (χ3n) is 4.78. The van der Waals surface area contributed by atoms with Crippen LogP contribution in [0.2, 0.25) is 0 Å². The van der Waals surface area contributed by atoms with Crippen molar-refractivity contribution in [2.24, 2.45) is 0 Å². The van der Waals surface area contributed by atoms with Crippen molar-refractivity contribution >= 4 is 11.6 Å². The molecule has 0 bridgehead atoms. The maximum absolute atomic E-state index is 13.8. The standard InChI is InChI=1S/C21H27FN2O/c1-5-15(2)18-11-7-9-13-20(18)23-21(25)16(3)24(4)14-17-10-6-8-12-19(17)22/h6-13,15-16H,5,14H2,1-4H3,(H,23,25)/t15-,16+/m1/s1. The molecule has 0 aromatic heterocycles. The zero-order valence-electron chi connectivity index (χ0n) is 15.4. The fraction of sp³-hybridized carbons (Fsp3) is 0.381. The summed E-state index contributed by atoms with van der Waals surface area (Å²) in [4.78, 5) is 14.5. The van der Waals surface area contributed by atoms with Gasteiger partial charge in [-0.25, -0.2) is 4.39 Å². The normalized spacial score (nSPS) is 13.5. The van der Waals surface area contributed by atoms with E-state index < -0.39 is 0 Å². The van der Waals surface area contributed by atoms with Crippen LogP contribution < -0.4 is 5.32 Å². The molecular weight excluding hydrogens is 315 g/mol. The van der Waals surface area contributed by atoms with Crippen LogP contribution in [0, 0.1) is 5.82 Å². The second-order valence-electron chi connectivity index (χ2n) is 6.57. The molecule has 2 aromatic carbocycles. The predicted octanol–water partition coefficient (Wildman–Crippen LogP) is 4.80. The number of para-hydroxylation sites is 1. The highest BCUT2D eigenvalue weighted by molar-refractivity contribution is 5.95. The lowest BCUT2D eigenvalue weighted by molar-refractivity contribution is -0.120. The number of carbonyl (C=O) groups excluding carboxylic acids is 1. The molecule has 0 radical (unpaired) electrons. The minimum Gasteiger partial charge on any atom is -0.324 e. The van der Waals surface area contributed by atoms with Crippen molar-refractivity contribution in [3.05, 3.63) is 65.5 Å². The second kappa shape index (κ2) is 8.77. The van der Waals surface area contributed by atoms with Crippen LogP contribution in [-0.2, 0) is 11.3 Å². The third-order valence-corrected chi connectivity index (χ3v) is 4.78. The maximum atomic E-state index is 13.8. The van der Waals surface area contributed by atoms with E-state index in [1.807, 2.05) is 37.1 Å². The smallest absolute Gasteiger partial charge is 0.241 e. The Balaban J connectivity index is 2.07. The van der Waals surface area contributed by atoms with E-state index in [0.717, 1.165) is 17.7 Å². The molecule has 4 heteroatoms. The van der Waals surface area contributed by atoms with Gasteiger partial charge in [-0.3, -0.25) is 9.69 Å². The average Bonchev–Trinajstić information content (AvgIpc) is 2.62. The molecule has 1 N–H and O–H groups in total. The predicted molar refractivity (Wildman–Crippen MR) is 101 cm³/mol. The van der Waals surface area contributed by atoms with E-state index in [1.54, 1.807) is 18.2 Å². The molecule has 0 aliphatic heterocycles. The monoisotopic (exact) mass is 342 g/mol. The van der Waals surface area contributed by atoms with Crippen molar-refractivity contribution in [2.75, 3.05) is 12.4 Å². The summed E-state index contributed by atoms with van der Waals surface area (Å²) in [6.07, 6.45) is 1.01. The number of anilines is 1. The van der Waals surface area contributed by atoms with E-state index in [1.165, 1.54) is 6.07 Å². The molecule has 0 unspecified atom stereocenters. The number of carbonyl (C=O) groups is 1. The molecule has 0 heterocycles. The van der Waals surface area contributed by atoms with Crippen LogP contribution in [0.4, 0.5) is 10.1 Å². The highest BCUT2D eigenvalue weighted by Crippen LogP contribution is 2.26. The zero-order valence-corrected chi connectivity index (χ0v) is 15.4. The van der Waals surface area contributed by atoms with Gasteiger partial charge in [0.1, 0.15) is 5.82 Å². The van der Waals surface area contributed by atoms with Crippen LogP contribution in [0.5, 0.6) is 0 Å². The minimum atomic E-state index is -0.371. The van der Waals surface area contributed by atoms with E-state index in [0.29, 0.717) is 18.0 Å². The van der Waals surface area contributed by atoms with E-state index in [4.69, 9.17) is 0 Å². The highest BCUT2D eigenvalue weighted by Gasteiger charge is 2.20. The number of nitrogens with one attached hydrogen (secondary N) is 1. The number of halogens is 1. The molecule has 1 amide bonds. The van der Waals surface area contributed by atoms with Crippen molar-refractivity contribution in [3.63, 3.8) is 0 Å². The summed E-state index contributed by atoms with van der Waals surface area (Å²) in [5.41, 5.74) is 2.58. The van der Waals surface area contributed by atoms with Crippen molar-refractivity contribution in [1.29, 1.82) is 0 Å². The summed E-state index contributed by atoms with van der Waals surface area (Å²) in [5, 5.41) is 3.03. The Morgan fingerprint density at radius 2 is 1.76 bits per heavy atom. The number of nitrogens with zero attached hydrogens (tertiary/aromatic N) is 1. The largest absolute Gasteiger partial charge is 0.324 e. The molecule has 25 heavy (non-hydrogen) atoms. The molecule has 134 valence electrons. The number of rotatable bonds is 7. The van der Waals surface area contributed by atoms with Gasteiger partial charge >= 0.3 is 0 Å². The molecule has 0 fully saturated rings. The summed E-state index contributed by atoms with van der Waals surface area (Å²) >= 11 is 0. The Morgan fingerprint density at radius 3 is 2.44 bits per heavy atom. The molecule has 0 aliphatic carbocycles. The minimum absolute atomic E-state index is 0.0883. The molecular formula is C21H27FN2O. The fourth-order valence-electron chi connectivity index (χ4n) is 2.73. The van der Waals surface area contributed by atoms with Crippen molar-refractivity contribution in [1.82, 2.24) is 4.90 Å². The molecule has 2 aromatic rings. The fourth-order valence-corrected chi connectivity index (χ4v) is 2.73. The Hall–Kier alpha value is -2.20. The van der Waals surface area contributed by atoms with E-state index in [-0.39, 0.29) is 17.8 Å². The van der Waals surface area contributed by atoms with Crippen molar-refractivity contribution in [2.45, 2.75) is 45.7 Å². The van der Waals surface area contributed by atoms with Crippen molar-refractivity contribution in [3.8, 4) is 0 Å². The van der Waals surface area contributed by atoms with Gasteiger partial charge in [-0.2, -0.15) is 0 Å². The summed E-state index contributed by atoms with van der Waals surface area (Å²) in [6.45, 7) is 6.50. The quantitative estimate of drug-likeness (QED) is 0.784. The van der Waals surface area contributed by atoms with Crippen LogP contribution in [0.25, 0.3) is 0 Å². The van der Waals surface area contributed by atoms with Gasteiger partial charge in [-0.15, -0.1) is 0 Å². The van der Waals surface area contributed by atoms with Gasteiger partial charge in [0.05, 0.1) is 6.04 Å². The summed E-state index contributed by atoms with van der Waals surface area (Å²) in [6, 6.07) is 14.2. The Labute approximate surface area is 149 Å². The van der Waals surface area contributed by atoms with Crippen LogP contribution >= 0.6 is 0 Å². The van der Waals surface area contributed by atoms with Gasteiger partial charge in [0.15, 0.2) is 0 Å². The third kappa shape index (κ3) is 4.89. The first-order valence-corrected chi connectivity index (χ1v) is 8.77. The zero-order chi connectivity index (χ0) is 18.4. The van der Waals surface area contributed by atoms with Gasteiger partial charge < -0.3 is 5.32 Å². The number of hydrogen-bond donors (Lipinski definition) is 1. The van der Waals surface area contributed by atoms with Crippen LogP contribution in [0.1, 0.15) is 44.2 Å². The maximum Gasteiger partial charge on any atom is 0.241 e. The molecule has 2 atom stereocenters. The lowest BCUT2D eigenvalue weighted by Crippen LogP contribution is -2.39. The first-order chi connectivity index (χ1) is 11.9. The summed E-state index contributed by atoms with van der Waals surface area (Å²) in [7, 11) is 1.83. The van der Waals surface area contributed by atoms with Crippen LogP contribution in [-0.4, -0.2) is 23.9 Å². The molecule has 0 spiro atoms. The number of likely N-dealkylation sites (N-methyl/N-ethyl adjacent to an activating group) is 1. The van der Waals surface area contributed by atoms with Gasteiger partial charge in [-0.05, 0) is 44.0 Å². The van der Waals surface area contributed by atoms with E-state index in [2.05, 4.69) is 25.2 Å². The lowest BCUT2D eigenvalue weighted by Gasteiger charge is -2.25. The van der Waals surface area contributed by atoms with E-state index >= 15 is 0 Å². The highest BCUT2D eigenvalue weighted by atomic mass is 19.1. The van der Waals surface area contributed by atoms with Gasteiger partial charge in [0.25, 0.3) is 0 Å². The average molecular weight is 342 g/mol. The number of hydrogen-bond acceptors (Lipinski definition) is 2. The Kier molecular flexibility index (Phi) is 6.71. The van der Waals surface area contributed by atoms with Gasteiger partial charge in [0, 0.05) is 17.8 Å².